The Hall–Kier alpha value is -1.99. The average molecular weight is 346 g/mol. The van der Waals surface area contributed by atoms with Gasteiger partial charge in [0.15, 0.2) is 5.82 Å². The Kier molecular flexibility index (Phi) is 3.97. The Balaban J connectivity index is 1.85. The number of halogens is 1. The summed E-state index contributed by atoms with van der Waals surface area (Å²) >= 11 is 1.39. The molecule has 7 heteroatoms. The van der Waals surface area contributed by atoms with Crippen LogP contribution >= 0.6 is 11.3 Å². The topological polar surface area (TPSA) is 53.7 Å². The normalized spacial score (nSPS) is 16.9. The van der Waals surface area contributed by atoms with Gasteiger partial charge in [-0.15, -0.1) is 5.10 Å². The third kappa shape index (κ3) is 2.48. The van der Waals surface area contributed by atoms with Crippen molar-refractivity contribution in [1.29, 1.82) is 0 Å². The first kappa shape index (κ1) is 15.5. The van der Waals surface area contributed by atoms with E-state index >= 15 is 0 Å². The molecular weight excluding hydrogens is 327 g/mol. The predicted octanol–water partition coefficient (Wildman–Crippen LogP) is 3.38. The molecule has 24 heavy (non-hydrogen) atoms. The second kappa shape index (κ2) is 6.14. The molecule has 3 aromatic rings. The molecule has 1 aromatic carbocycles. The number of aromatic hydroxyl groups is 1. The van der Waals surface area contributed by atoms with Crippen molar-refractivity contribution in [2.75, 3.05) is 13.1 Å². The summed E-state index contributed by atoms with van der Waals surface area (Å²) < 4.78 is 15.9. The van der Waals surface area contributed by atoms with Crippen LogP contribution in [-0.2, 0) is 6.42 Å². The summed E-state index contributed by atoms with van der Waals surface area (Å²) in [7, 11) is 0. The van der Waals surface area contributed by atoms with Crippen LogP contribution in [-0.4, -0.2) is 37.7 Å². The largest absolute Gasteiger partial charge is 0.492 e. The van der Waals surface area contributed by atoms with Gasteiger partial charge in [-0.3, -0.25) is 4.90 Å². The minimum Gasteiger partial charge on any atom is -0.492 e. The number of aryl methyl sites for hydroxylation is 1. The second-order valence-electron chi connectivity index (χ2n) is 6.03. The molecule has 1 aliphatic rings. The van der Waals surface area contributed by atoms with Gasteiger partial charge in [0, 0.05) is 12.0 Å². The van der Waals surface area contributed by atoms with Gasteiger partial charge in [-0.2, -0.15) is 4.52 Å². The predicted molar refractivity (Wildman–Crippen MR) is 91.0 cm³/mol. The van der Waals surface area contributed by atoms with E-state index in [1.165, 1.54) is 21.9 Å². The highest BCUT2D eigenvalue weighted by Crippen LogP contribution is 2.41. The highest BCUT2D eigenvalue weighted by molar-refractivity contribution is 7.17. The number of nitrogens with zero attached hydrogens (tertiary/aromatic N) is 4. The van der Waals surface area contributed by atoms with Crippen LogP contribution in [0.2, 0.25) is 0 Å². The van der Waals surface area contributed by atoms with Crippen molar-refractivity contribution in [1.82, 2.24) is 19.5 Å². The third-order valence-corrected chi connectivity index (χ3v) is 5.59. The summed E-state index contributed by atoms with van der Waals surface area (Å²) in [6.45, 7) is 3.77. The minimum atomic E-state index is -0.299. The van der Waals surface area contributed by atoms with Crippen LogP contribution in [0.15, 0.2) is 24.3 Å². The van der Waals surface area contributed by atoms with E-state index in [4.69, 9.17) is 0 Å². The lowest BCUT2D eigenvalue weighted by atomic mass is 10.0. The summed E-state index contributed by atoms with van der Waals surface area (Å²) in [4.78, 5) is 8.02. The van der Waals surface area contributed by atoms with Gasteiger partial charge >= 0.3 is 0 Å². The molecule has 1 aliphatic heterocycles. The number of fused-ring (bicyclic) bond motifs is 1. The molecule has 2 aromatic heterocycles. The summed E-state index contributed by atoms with van der Waals surface area (Å²) in [6, 6.07) is 6.50. The second-order valence-corrected chi connectivity index (χ2v) is 7.04. The smallest absolute Gasteiger partial charge is 0.230 e. The van der Waals surface area contributed by atoms with Gasteiger partial charge in [0.2, 0.25) is 10.8 Å². The number of hydrogen-bond donors (Lipinski definition) is 1. The molecule has 0 unspecified atom stereocenters. The SMILES string of the molecule is CCc1nc2sc([C@H](c3ccccc3F)N3CCCC3)c(O)n2n1. The number of benzene rings is 1. The van der Waals surface area contributed by atoms with Crippen LogP contribution < -0.4 is 0 Å². The van der Waals surface area contributed by atoms with E-state index in [1.54, 1.807) is 12.1 Å². The molecule has 126 valence electrons. The number of thiazole rings is 1. The van der Waals surface area contributed by atoms with Crippen LogP contribution in [0.1, 0.15) is 42.1 Å². The monoisotopic (exact) mass is 346 g/mol. The zero-order valence-corrected chi connectivity index (χ0v) is 14.3. The van der Waals surface area contributed by atoms with Crippen LogP contribution in [0.3, 0.4) is 0 Å². The molecule has 5 nitrogen and oxygen atoms in total. The molecule has 0 bridgehead atoms. The molecule has 0 saturated carbocycles. The van der Waals surface area contributed by atoms with Crippen LogP contribution in [0.5, 0.6) is 5.88 Å². The fraction of sp³-hybridized carbons (Fsp3) is 0.412. The minimum absolute atomic E-state index is 0.0716. The lowest BCUT2D eigenvalue weighted by molar-refractivity contribution is 0.271. The van der Waals surface area contributed by atoms with E-state index in [2.05, 4.69) is 15.0 Å². The maximum absolute atomic E-state index is 14.5. The number of likely N-dealkylation sites (tertiary alicyclic amines) is 1. The molecule has 1 fully saturated rings. The van der Waals surface area contributed by atoms with Crippen LogP contribution in [0.25, 0.3) is 4.96 Å². The molecule has 1 N–H and O–H groups in total. The summed E-state index contributed by atoms with van der Waals surface area (Å²) in [5, 5.41) is 15.0. The molecule has 0 radical (unpaired) electrons. The van der Waals surface area contributed by atoms with Crippen molar-refractivity contribution in [3.05, 3.63) is 46.3 Å². The summed E-state index contributed by atoms with van der Waals surface area (Å²) in [6.07, 6.45) is 2.89. The van der Waals surface area contributed by atoms with Crippen molar-refractivity contribution in [2.45, 2.75) is 32.2 Å². The molecule has 0 spiro atoms. The van der Waals surface area contributed by atoms with E-state index in [1.807, 2.05) is 13.0 Å². The molecule has 1 saturated heterocycles. The number of rotatable bonds is 4. The lowest BCUT2D eigenvalue weighted by Gasteiger charge is -2.27. The van der Waals surface area contributed by atoms with E-state index in [-0.39, 0.29) is 17.7 Å². The Bertz CT molecular complexity index is 869. The number of hydrogen-bond acceptors (Lipinski definition) is 5. The highest BCUT2D eigenvalue weighted by atomic mass is 32.1. The van der Waals surface area contributed by atoms with Crippen molar-refractivity contribution in [3.63, 3.8) is 0 Å². The van der Waals surface area contributed by atoms with Crippen molar-refractivity contribution in [3.8, 4) is 5.88 Å². The fourth-order valence-electron chi connectivity index (χ4n) is 3.32. The quantitative estimate of drug-likeness (QED) is 0.787. The molecule has 4 rings (SSSR count). The zero-order chi connectivity index (χ0) is 16.7. The molecular formula is C17H19FN4OS. The third-order valence-electron chi connectivity index (χ3n) is 4.51. The Morgan fingerprint density at radius 1 is 1.29 bits per heavy atom. The first-order chi connectivity index (χ1) is 11.7. The van der Waals surface area contributed by atoms with E-state index in [0.29, 0.717) is 27.6 Å². The number of aromatic nitrogens is 3. The lowest BCUT2D eigenvalue weighted by Crippen LogP contribution is -2.26. The van der Waals surface area contributed by atoms with Gasteiger partial charge < -0.3 is 5.11 Å². The fourth-order valence-corrected chi connectivity index (χ4v) is 4.45. The highest BCUT2D eigenvalue weighted by Gasteiger charge is 2.32. The van der Waals surface area contributed by atoms with Gasteiger partial charge in [-0.1, -0.05) is 36.5 Å². The van der Waals surface area contributed by atoms with Gasteiger partial charge in [-0.25, -0.2) is 9.37 Å². The Morgan fingerprint density at radius 3 is 2.71 bits per heavy atom. The first-order valence-electron chi connectivity index (χ1n) is 8.24. The van der Waals surface area contributed by atoms with Crippen LogP contribution in [0.4, 0.5) is 4.39 Å². The molecule has 0 aliphatic carbocycles. The standard InChI is InChI=1S/C17H19FN4OS/c1-2-13-19-17-22(20-13)16(23)15(24-17)14(21-9-5-6-10-21)11-7-3-4-8-12(11)18/h3-4,7-8,14,23H,2,5-6,9-10H2,1H3/t14-/m0/s1. The molecule has 3 heterocycles. The van der Waals surface area contributed by atoms with E-state index in [0.717, 1.165) is 25.9 Å². The van der Waals surface area contributed by atoms with Gasteiger partial charge in [0.25, 0.3) is 0 Å². The Labute approximate surface area is 143 Å². The summed E-state index contributed by atoms with van der Waals surface area (Å²) in [5.41, 5.74) is 0.593. The first-order valence-corrected chi connectivity index (χ1v) is 9.06. The van der Waals surface area contributed by atoms with Crippen molar-refractivity contribution in [2.24, 2.45) is 0 Å². The summed E-state index contributed by atoms with van der Waals surface area (Å²) in [5.74, 6) is 0.524. The maximum atomic E-state index is 14.5. The molecule has 1 atom stereocenters. The van der Waals surface area contributed by atoms with Crippen LogP contribution in [0, 0.1) is 5.82 Å². The van der Waals surface area contributed by atoms with Gasteiger partial charge in [-0.05, 0) is 32.0 Å². The average Bonchev–Trinajstić information content (AvgIpc) is 3.29. The van der Waals surface area contributed by atoms with Crippen molar-refractivity contribution >= 4 is 16.3 Å². The Morgan fingerprint density at radius 2 is 2.04 bits per heavy atom. The van der Waals surface area contributed by atoms with Gasteiger partial charge in [0.1, 0.15) is 5.82 Å². The zero-order valence-electron chi connectivity index (χ0n) is 13.4. The van der Waals surface area contributed by atoms with Crippen molar-refractivity contribution < 1.29 is 9.50 Å². The van der Waals surface area contributed by atoms with E-state index in [9.17, 15) is 9.50 Å². The molecule has 0 amide bonds. The van der Waals surface area contributed by atoms with E-state index < -0.39 is 0 Å². The maximum Gasteiger partial charge on any atom is 0.230 e. The van der Waals surface area contributed by atoms with Gasteiger partial charge in [0.05, 0.1) is 10.9 Å².